The predicted molar refractivity (Wildman–Crippen MR) is 99.9 cm³/mol. The average Bonchev–Trinajstić information content (AvgIpc) is 2.93. The number of hydrogen-bond donors (Lipinski definition) is 1. The third-order valence-electron chi connectivity index (χ3n) is 3.79. The van der Waals surface area contributed by atoms with Crippen molar-refractivity contribution in [3.63, 3.8) is 0 Å². The lowest BCUT2D eigenvalue weighted by molar-refractivity contribution is 0.0969. The Bertz CT molecular complexity index is 851. The molecular formula is C19H23FN4O2. The summed E-state index contributed by atoms with van der Waals surface area (Å²) in [7, 11) is 0. The Labute approximate surface area is 151 Å². The Morgan fingerprint density at radius 3 is 2.81 bits per heavy atom. The number of halogens is 1. The molecule has 1 aliphatic rings. The van der Waals surface area contributed by atoms with Gasteiger partial charge in [-0.3, -0.25) is 14.6 Å². The first kappa shape index (κ1) is 19.5. The van der Waals surface area contributed by atoms with Gasteiger partial charge in [-0.1, -0.05) is 32.1 Å². The minimum absolute atomic E-state index is 0.0961. The molecule has 0 saturated heterocycles. The van der Waals surface area contributed by atoms with Crippen LogP contribution in [0.2, 0.25) is 0 Å². The molecule has 1 aromatic heterocycles. The fraction of sp³-hybridized carbons (Fsp3) is 0.368. The standard InChI is InChI=1S/C19H23FN4O2/c1-4-6-9-16(22-19(3)12-7-8-15(19)20)21-18(26)14-10-11-17(25)24(23-14)13-5-2/h6-12H,4-5,13H2,1-3H3,(H,21,22,26)/b9-6-. The highest BCUT2D eigenvalue weighted by molar-refractivity contribution is 6.09. The highest BCUT2D eigenvalue weighted by Gasteiger charge is 2.29. The number of aliphatic imine (C=N–C) groups is 1. The largest absolute Gasteiger partial charge is 0.305 e. The van der Waals surface area contributed by atoms with Gasteiger partial charge in [0.05, 0.1) is 0 Å². The Balaban J connectivity index is 2.29. The van der Waals surface area contributed by atoms with Gasteiger partial charge in [0.1, 0.15) is 22.9 Å². The van der Waals surface area contributed by atoms with Gasteiger partial charge >= 0.3 is 0 Å². The maximum atomic E-state index is 14.0. The first-order chi connectivity index (χ1) is 12.4. The van der Waals surface area contributed by atoms with Crippen molar-refractivity contribution >= 4 is 11.7 Å². The zero-order chi connectivity index (χ0) is 19.2. The summed E-state index contributed by atoms with van der Waals surface area (Å²) in [5.74, 6) is -0.683. The number of rotatable bonds is 6. The van der Waals surface area contributed by atoms with Crippen molar-refractivity contribution in [2.45, 2.75) is 45.7 Å². The van der Waals surface area contributed by atoms with Crippen LogP contribution in [0.3, 0.4) is 0 Å². The monoisotopic (exact) mass is 358 g/mol. The SMILES string of the molecule is CC/C=C\C(=N/C1(C)C=CC=C1F)NC(=O)c1ccc(=O)n(CCC)n1. The van der Waals surface area contributed by atoms with E-state index in [-0.39, 0.29) is 17.1 Å². The van der Waals surface area contributed by atoms with Gasteiger partial charge < -0.3 is 5.32 Å². The molecule has 138 valence electrons. The lowest BCUT2D eigenvalue weighted by Gasteiger charge is -2.18. The fourth-order valence-corrected chi connectivity index (χ4v) is 2.37. The second-order valence-electron chi connectivity index (χ2n) is 6.06. The molecule has 1 amide bonds. The Kier molecular flexibility index (Phi) is 6.38. The van der Waals surface area contributed by atoms with Gasteiger partial charge in [-0.2, -0.15) is 5.10 Å². The number of aryl methyl sites for hydroxylation is 1. The van der Waals surface area contributed by atoms with Gasteiger partial charge in [-0.05, 0) is 38.0 Å². The highest BCUT2D eigenvalue weighted by Crippen LogP contribution is 2.29. The summed E-state index contributed by atoms with van der Waals surface area (Å²) in [5.41, 5.74) is -1.31. The summed E-state index contributed by atoms with van der Waals surface area (Å²) >= 11 is 0. The number of nitrogens with zero attached hydrogens (tertiary/aromatic N) is 3. The maximum Gasteiger partial charge on any atom is 0.277 e. The van der Waals surface area contributed by atoms with E-state index in [1.807, 2.05) is 19.9 Å². The van der Waals surface area contributed by atoms with Gasteiger partial charge in [-0.15, -0.1) is 0 Å². The molecule has 26 heavy (non-hydrogen) atoms. The lowest BCUT2D eigenvalue weighted by atomic mass is 10.1. The number of aromatic nitrogens is 2. The van der Waals surface area contributed by atoms with E-state index in [4.69, 9.17) is 0 Å². The highest BCUT2D eigenvalue weighted by atomic mass is 19.1. The van der Waals surface area contributed by atoms with Crippen molar-refractivity contribution in [3.05, 3.63) is 64.4 Å². The number of hydrogen-bond acceptors (Lipinski definition) is 4. The molecule has 0 aromatic carbocycles. The van der Waals surface area contributed by atoms with E-state index in [2.05, 4.69) is 15.4 Å². The van der Waals surface area contributed by atoms with E-state index in [0.29, 0.717) is 6.54 Å². The van der Waals surface area contributed by atoms with Crippen LogP contribution in [0.25, 0.3) is 0 Å². The topological polar surface area (TPSA) is 76.3 Å². The van der Waals surface area contributed by atoms with E-state index in [1.165, 1.54) is 22.9 Å². The lowest BCUT2D eigenvalue weighted by Crippen LogP contribution is -2.35. The zero-order valence-electron chi connectivity index (χ0n) is 15.2. The van der Waals surface area contributed by atoms with Gasteiger partial charge in [0.2, 0.25) is 0 Å². The minimum Gasteiger partial charge on any atom is -0.305 e. The number of carbonyl (C=O) groups is 1. The quantitative estimate of drug-likeness (QED) is 0.627. The Morgan fingerprint density at radius 2 is 2.19 bits per heavy atom. The van der Waals surface area contributed by atoms with Crippen LogP contribution in [0.1, 0.15) is 44.1 Å². The number of amidine groups is 1. The van der Waals surface area contributed by atoms with Gasteiger partial charge in [-0.25, -0.2) is 9.07 Å². The molecule has 0 bridgehead atoms. The maximum absolute atomic E-state index is 14.0. The van der Waals surface area contributed by atoms with E-state index in [1.54, 1.807) is 25.2 Å². The van der Waals surface area contributed by atoms with Crippen LogP contribution in [0, 0.1) is 0 Å². The van der Waals surface area contributed by atoms with Gasteiger partial charge in [0.15, 0.2) is 0 Å². The van der Waals surface area contributed by atoms with Crippen LogP contribution in [0.5, 0.6) is 0 Å². The Hall–Kier alpha value is -2.83. The normalized spacial score (nSPS) is 19.8. The molecule has 0 aliphatic heterocycles. The van der Waals surface area contributed by atoms with Crippen LogP contribution < -0.4 is 10.9 Å². The molecule has 1 aromatic rings. The van der Waals surface area contributed by atoms with Crippen LogP contribution in [-0.4, -0.2) is 27.1 Å². The van der Waals surface area contributed by atoms with Crippen LogP contribution in [0.4, 0.5) is 4.39 Å². The first-order valence-electron chi connectivity index (χ1n) is 8.61. The molecule has 0 saturated carbocycles. The summed E-state index contributed by atoms with van der Waals surface area (Å²) in [6.07, 6.45) is 9.45. The summed E-state index contributed by atoms with van der Waals surface area (Å²) < 4.78 is 15.2. The molecule has 2 rings (SSSR count). The zero-order valence-corrected chi connectivity index (χ0v) is 15.2. The third kappa shape index (κ3) is 4.62. The summed E-state index contributed by atoms with van der Waals surface area (Å²) in [5, 5.41) is 6.72. The molecule has 1 N–H and O–H groups in total. The fourth-order valence-electron chi connectivity index (χ4n) is 2.37. The molecule has 0 fully saturated rings. The van der Waals surface area contributed by atoms with E-state index in [9.17, 15) is 14.0 Å². The molecule has 1 heterocycles. The Morgan fingerprint density at radius 1 is 1.42 bits per heavy atom. The summed E-state index contributed by atoms with van der Waals surface area (Å²) in [6.45, 7) is 5.90. The van der Waals surface area contributed by atoms with Crippen molar-refractivity contribution in [1.82, 2.24) is 15.1 Å². The summed E-state index contributed by atoms with van der Waals surface area (Å²) in [6, 6.07) is 2.67. The van der Waals surface area contributed by atoms with E-state index < -0.39 is 17.3 Å². The molecule has 1 unspecified atom stereocenters. The summed E-state index contributed by atoms with van der Waals surface area (Å²) in [4.78, 5) is 28.6. The molecule has 0 spiro atoms. The van der Waals surface area contributed by atoms with Crippen LogP contribution in [0.15, 0.2) is 58.1 Å². The third-order valence-corrected chi connectivity index (χ3v) is 3.79. The minimum atomic E-state index is -1.14. The van der Waals surface area contributed by atoms with Crippen LogP contribution >= 0.6 is 0 Å². The number of allylic oxidation sites excluding steroid dienone is 3. The van der Waals surface area contributed by atoms with Crippen LogP contribution in [-0.2, 0) is 6.54 Å². The van der Waals surface area contributed by atoms with E-state index >= 15 is 0 Å². The molecule has 6 nitrogen and oxygen atoms in total. The van der Waals surface area contributed by atoms with Crippen molar-refractivity contribution in [1.29, 1.82) is 0 Å². The number of nitrogens with one attached hydrogen (secondary N) is 1. The molecule has 1 atom stereocenters. The van der Waals surface area contributed by atoms with Crippen molar-refractivity contribution < 1.29 is 9.18 Å². The van der Waals surface area contributed by atoms with E-state index in [0.717, 1.165) is 12.8 Å². The molecule has 7 heteroatoms. The van der Waals surface area contributed by atoms with Crippen molar-refractivity contribution in [2.24, 2.45) is 4.99 Å². The second kappa shape index (κ2) is 8.51. The van der Waals surface area contributed by atoms with Crippen molar-refractivity contribution in [3.8, 4) is 0 Å². The van der Waals surface area contributed by atoms with Gasteiger partial charge in [0.25, 0.3) is 11.5 Å². The second-order valence-corrected chi connectivity index (χ2v) is 6.06. The smallest absolute Gasteiger partial charge is 0.277 e. The average molecular weight is 358 g/mol. The molecule has 1 aliphatic carbocycles. The van der Waals surface area contributed by atoms with Gasteiger partial charge in [0, 0.05) is 12.6 Å². The first-order valence-corrected chi connectivity index (χ1v) is 8.61. The van der Waals surface area contributed by atoms with Crippen molar-refractivity contribution in [2.75, 3.05) is 0 Å². The molecular weight excluding hydrogens is 335 g/mol. The number of carbonyl (C=O) groups excluding carboxylic acids is 1. The number of amides is 1. The predicted octanol–water partition coefficient (Wildman–Crippen LogP) is 2.93. The molecule has 0 radical (unpaired) electrons.